The maximum Gasteiger partial charge on any atom is 0.141 e. The van der Waals surface area contributed by atoms with Crippen LogP contribution in [-0.4, -0.2) is 36.1 Å². The highest BCUT2D eigenvalue weighted by Crippen LogP contribution is 2.21. The van der Waals surface area contributed by atoms with Crippen molar-refractivity contribution in [3.05, 3.63) is 29.8 Å². The third-order valence-electron chi connectivity index (χ3n) is 3.60. The smallest absolute Gasteiger partial charge is 0.141 e. The first-order chi connectivity index (χ1) is 9.62. The number of nitrogens with one attached hydrogen (secondary N) is 1. The number of pyridine rings is 1. The van der Waals surface area contributed by atoms with Gasteiger partial charge in [-0.1, -0.05) is 27.7 Å². The molecule has 1 aromatic rings. The van der Waals surface area contributed by atoms with Crippen LogP contribution in [0.5, 0.6) is 0 Å². The molecule has 0 bridgehead atoms. The Balaban J connectivity index is 2.76. The molecule has 0 radical (unpaired) electrons. The van der Waals surface area contributed by atoms with Crippen LogP contribution in [0.25, 0.3) is 0 Å². The minimum absolute atomic E-state index is 0.173. The Labute approximate surface area is 122 Å². The molecule has 0 aliphatic heterocycles. The fraction of sp³-hybridized carbons (Fsp3) is 0.688. The van der Waals surface area contributed by atoms with Crippen molar-refractivity contribution >= 4 is 0 Å². The van der Waals surface area contributed by atoms with Crippen LogP contribution in [0.15, 0.2) is 18.3 Å². The predicted molar refractivity (Wildman–Crippen MR) is 82.2 cm³/mol. The lowest BCUT2D eigenvalue weighted by Gasteiger charge is -2.29. The molecule has 1 aromatic heterocycles. The number of nitrogens with zero attached hydrogens (tertiary/aromatic N) is 2. The van der Waals surface area contributed by atoms with Gasteiger partial charge in [0.2, 0.25) is 0 Å². The summed E-state index contributed by atoms with van der Waals surface area (Å²) in [6.45, 7) is 12.8. The Bertz CT molecular complexity index is 366. The molecule has 0 spiro atoms. The second kappa shape index (κ2) is 9.03. The average molecular weight is 281 g/mol. The lowest BCUT2D eigenvalue weighted by atomic mass is 9.97. The van der Waals surface area contributed by atoms with E-state index in [1.807, 2.05) is 0 Å². The van der Waals surface area contributed by atoms with Gasteiger partial charge in [0.1, 0.15) is 5.82 Å². The largest absolute Gasteiger partial charge is 0.309 e. The van der Waals surface area contributed by atoms with E-state index in [0.29, 0.717) is 5.92 Å². The Kier molecular flexibility index (Phi) is 7.70. The molecule has 0 aliphatic rings. The molecular weight excluding hydrogens is 253 g/mol. The first-order valence-electron chi connectivity index (χ1n) is 7.69. The van der Waals surface area contributed by atoms with Gasteiger partial charge in [-0.3, -0.25) is 4.98 Å². The van der Waals surface area contributed by atoms with Gasteiger partial charge in [-0.25, -0.2) is 4.39 Å². The average Bonchev–Trinajstić information content (AvgIpc) is 2.45. The summed E-state index contributed by atoms with van der Waals surface area (Å²) >= 11 is 0. The van der Waals surface area contributed by atoms with Gasteiger partial charge in [-0.2, -0.15) is 0 Å². The zero-order valence-electron chi connectivity index (χ0n) is 13.2. The molecule has 3 nitrogen and oxygen atoms in total. The number of hydrogen-bond donors (Lipinski definition) is 1. The molecule has 1 heterocycles. The first kappa shape index (κ1) is 17.1. The van der Waals surface area contributed by atoms with Crippen molar-refractivity contribution < 1.29 is 4.39 Å². The van der Waals surface area contributed by atoms with Gasteiger partial charge in [0.05, 0.1) is 17.9 Å². The normalized spacial score (nSPS) is 14.5. The molecule has 0 saturated carbocycles. The maximum atomic E-state index is 13.0. The van der Waals surface area contributed by atoms with Crippen molar-refractivity contribution in [2.24, 2.45) is 5.92 Å². The van der Waals surface area contributed by atoms with E-state index in [4.69, 9.17) is 0 Å². The molecule has 1 rings (SSSR count). The summed E-state index contributed by atoms with van der Waals surface area (Å²) in [5, 5.41) is 3.48. The SMILES string of the molecule is CCCN(CC)CC(C)C(NCC)c1ccc(F)cn1. The van der Waals surface area contributed by atoms with E-state index >= 15 is 0 Å². The maximum absolute atomic E-state index is 13.0. The van der Waals surface area contributed by atoms with Crippen LogP contribution in [0.1, 0.15) is 45.9 Å². The van der Waals surface area contributed by atoms with Gasteiger partial charge in [-0.05, 0) is 44.1 Å². The molecule has 0 saturated heterocycles. The highest BCUT2D eigenvalue weighted by molar-refractivity contribution is 5.11. The first-order valence-corrected chi connectivity index (χ1v) is 7.69. The van der Waals surface area contributed by atoms with Gasteiger partial charge in [0, 0.05) is 6.54 Å². The highest BCUT2D eigenvalue weighted by atomic mass is 19.1. The lowest BCUT2D eigenvalue weighted by molar-refractivity contribution is 0.218. The highest BCUT2D eigenvalue weighted by Gasteiger charge is 2.21. The Morgan fingerprint density at radius 2 is 2.05 bits per heavy atom. The third-order valence-corrected chi connectivity index (χ3v) is 3.60. The van der Waals surface area contributed by atoms with Crippen LogP contribution in [0.3, 0.4) is 0 Å². The van der Waals surface area contributed by atoms with Crippen LogP contribution < -0.4 is 5.32 Å². The standard InChI is InChI=1S/C16H28FN3/c1-5-10-20(7-3)12-13(4)16(18-6-2)15-9-8-14(17)11-19-15/h8-9,11,13,16,18H,5-7,10,12H2,1-4H3. The monoisotopic (exact) mass is 281 g/mol. The summed E-state index contributed by atoms with van der Waals surface area (Å²) in [5.74, 6) is 0.150. The second-order valence-corrected chi connectivity index (χ2v) is 5.31. The summed E-state index contributed by atoms with van der Waals surface area (Å²) in [5.41, 5.74) is 0.924. The van der Waals surface area contributed by atoms with Crippen molar-refractivity contribution in [3.8, 4) is 0 Å². The number of aromatic nitrogens is 1. The number of rotatable bonds is 9. The van der Waals surface area contributed by atoms with Gasteiger partial charge in [-0.15, -0.1) is 0 Å². The fourth-order valence-corrected chi connectivity index (χ4v) is 2.60. The van der Waals surface area contributed by atoms with E-state index < -0.39 is 0 Å². The van der Waals surface area contributed by atoms with Crippen LogP contribution >= 0.6 is 0 Å². The van der Waals surface area contributed by atoms with Crippen molar-refractivity contribution in [1.29, 1.82) is 0 Å². The molecule has 0 aromatic carbocycles. The summed E-state index contributed by atoms with van der Waals surface area (Å²) in [6.07, 6.45) is 2.47. The molecule has 20 heavy (non-hydrogen) atoms. The van der Waals surface area contributed by atoms with Crippen LogP contribution in [-0.2, 0) is 0 Å². The van der Waals surface area contributed by atoms with E-state index in [2.05, 4.69) is 42.9 Å². The molecule has 1 N–H and O–H groups in total. The summed E-state index contributed by atoms with van der Waals surface area (Å²) < 4.78 is 13.0. The van der Waals surface area contributed by atoms with Crippen molar-refractivity contribution in [2.75, 3.05) is 26.2 Å². The van der Waals surface area contributed by atoms with Gasteiger partial charge >= 0.3 is 0 Å². The zero-order chi connectivity index (χ0) is 15.0. The molecule has 4 heteroatoms. The lowest BCUT2D eigenvalue weighted by Crippen LogP contribution is -2.36. The molecule has 2 atom stereocenters. The van der Waals surface area contributed by atoms with E-state index in [1.54, 1.807) is 6.07 Å². The zero-order valence-corrected chi connectivity index (χ0v) is 13.2. The molecule has 0 fully saturated rings. The Morgan fingerprint density at radius 3 is 2.55 bits per heavy atom. The van der Waals surface area contributed by atoms with Gasteiger partial charge < -0.3 is 10.2 Å². The minimum atomic E-state index is -0.280. The number of hydrogen-bond acceptors (Lipinski definition) is 3. The minimum Gasteiger partial charge on any atom is -0.309 e. The Morgan fingerprint density at radius 1 is 1.30 bits per heavy atom. The third kappa shape index (κ3) is 5.17. The second-order valence-electron chi connectivity index (χ2n) is 5.31. The van der Waals surface area contributed by atoms with Crippen LogP contribution in [0.2, 0.25) is 0 Å². The number of halogens is 1. The van der Waals surface area contributed by atoms with E-state index in [1.165, 1.54) is 18.7 Å². The fourth-order valence-electron chi connectivity index (χ4n) is 2.60. The topological polar surface area (TPSA) is 28.2 Å². The Hall–Kier alpha value is -1.00. The van der Waals surface area contributed by atoms with Gasteiger partial charge in [0.15, 0.2) is 0 Å². The summed E-state index contributed by atoms with van der Waals surface area (Å²) in [6, 6.07) is 3.45. The molecule has 114 valence electrons. The van der Waals surface area contributed by atoms with Crippen LogP contribution in [0.4, 0.5) is 4.39 Å². The van der Waals surface area contributed by atoms with Crippen LogP contribution in [0, 0.1) is 11.7 Å². The summed E-state index contributed by atoms with van der Waals surface area (Å²) in [7, 11) is 0. The molecule has 2 unspecified atom stereocenters. The van der Waals surface area contributed by atoms with Crippen molar-refractivity contribution in [2.45, 2.75) is 40.2 Å². The van der Waals surface area contributed by atoms with E-state index in [-0.39, 0.29) is 11.9 Å². The van der Waals surface area contributed by atoms with Crippen molar-refractivity contribution in [1.82, 2.24) is 15.2 Å². The molecule has 0 amide bonds. The predicted octanol–water partition coefficient (Wildman–Crippen LogP) is 3.24. The van der Waals surface area contributed by atoms with Crippen molar-refractivity contribution in [3.63, 3.8) is 0 Å². The van der Waals surface area contributed by atoms with Gasteiger partial charge in [0.25, 0.3) is 0 Å². The molecular formula is C16H28FN3. The van der Waals surface area contributed by atoms with E-state index in [9.17, 15) is 4.39 Å². The quantitative estimate of drug-likeness (QED) is 0.753. The summed E-state index contributed by atoms with van der Waals surface area (Å²) in [4.78, 5) is 6.70. The molecule has 0 aliphatic carbocycles. The van der Waals surface area contributed by atoms with E-state index in [0.717, 1.165) is 31.9 Å².